The number of carboxylic acid groups (broad SMARTS) is 1. The molecule has 0 aromatic heterocycles. The van der Waals surface area contributed by atoms with Crippen LogP contribution in [-0.4, -0.2) is 16.6 Å². The number of rotatable bonds is 3. The Kier molecular flexibility index (Phi) is 2.59. The Hall–Kier alpha value is -0.870. The Morgan fingerprint density at radius 3 is 2.62 bits per heavy atom. The summed E-state index contributed by atoms with van der Waals surface area (Å²) in [6.45, 7) is 1.60. The lowest BCUT2D eigenvalue weighted by Gasteiger charge is -2.30. The molecular formula is C12H14BrNO2. The van der Waals surface area contributed by atoms with E-state index in [2.05, 4.69) is 15.9 Å². The normalized spacial score (nSPS) is 21.2. The van der Waals surface area contributed by atoms with Gasteiger partial charge in [0.1, 0.15) is 5.54 Å². The van der Waals surface area contributed by atoms with E-state index in [9.17, 15) is 9.90 Å². The van der Waals surface area contributed by atoms with Gasteiger partial charge in [0.25, 0.3) is 0 Å². The van der Waals surface area contributed by atoms with E-state index in [-0.39, 0.29) is 0 Å². The van der Waals surface area contributed by atoms with Gasteiger partial charge in [-0.3, -0.25) is 4.79 Å². The molecule has 4 heteroatoms. The number of nitrogens with two attached hydrogens (primary N) is 1. The minimum atomic E-state index is -1.20. The maximum Gasteiger partial charge on any atom is 0.324 e. The highest BCUT2D eigenvalue weighted by Gasteiger charge is 2.60. The molecule has 0 heterocycles. The zero-order valence-electron chi connectivity index (χ0n) is 9.03. The van der Waals surface area contributed by atoms with Crippen LogP contribution in [0.2, 0.25) is 0 Å². The molecule has 1 atom stereocenters. The van der Waals surface area contributed by atoms with Gasteiger partial charge in [0.2, 0.25) is 0 Å². The Bertz CT molecular complexity index is 438. The van der Waals surface area contributed by atoms with Crippen molar-refractivity contribution >= 4 is 21.9 Å². The summed E-state index contributed by atoms with van der Waals surface area (Å²) in [5.74, 6) is -0.940. The van der Waals surface area contributed by atoms with E-state index in [4.69, 9.17) is 5.73 Å². The first-order chi connectivity index (χ1) is 7.40. The molecule has 1 saturated carbocycles. The lowest BCUT2D eigenvalue weighted by atomic mass is 9.78. The second kappa shape index (κ2) is 3.57. The summed E-state index contributed by atoms with van der Waals surface area (Å²) < 4.78 is 0.956. The molecule has 0 aliphatic heterocycles. The van der Waals surface area contributed by atoms with E-state index in [1.807, 2.05) is 24.3 Å². The van der Waals surface area contributed by atoms with Crippen molar-refractivity contribution < 1.29 is 9.90 Å². The molecule has 0 spiro atoms. The number of carboxylic acids is 1. The maximum absolute atomic E-state index is 11.2. The summed E-state index contributed by atoms with van der Waals surface area (Å²) in [4.78, 5) is 11.2. The summed E-state index contributed by atoms with van der Waals surface area (Å²) in [6, 6.07) is 7.75. The van der Waals surface area contributed by atoms with E-state index in [0.717, 1.165) is 22.9 Å². The predicted molar refractivity (Wildman–Crippen MR) is 65.3 cm³/mol. The molecular weight excluding hydrogens is 270 g/mol. The number of benzene rings is 1. The van der Waals surface area contributed by atoms with E-state index >= 15 is 0 Å². The molecule has 1 unspecified atom stereocenters. The quantitative estimate of drug-likeness (QED) is 0.895. The van der Waals surface area contributed by atoms with Crippen molar-refractivity contribution in [2.75, 3.05) is 0 Å². The number of carbonyl (C=O) groups is 1. The molecule has 16 heavy (non-hydrogen) atoms. The lowest BCUT2D eigenvalue weighted by Crippen LogP contribution is -2.54. The summed E-state index contributed by atoms with van der Waals surface area (Å²) in [5.41, 5.74) is 5.37. The van der Waals surface area contributed by atoms with Gasteiger partial charge in [0.05, 0.1) is 0 Å². The fourth-order valence-corrected chi connectivity index (χ4v) is 2.62. The lowest BCUT2D eigenvalue weighted by molar-refractivity contribution is -0.144. The number of aliphatic carboxylic acids is 1. The first-order valence-electron chi connectivity index (χ1n) is 5.18. The third-order valence-electron chi connectivity index (χ3n) is 3.57. The minimum absolute atomic E-state index is 0.400. The van der Waals surface area contributed by atoms with Gasteiger partial charge in [-0.2, -0.15) is 0 Å². The van der Waals surface area contributed by atoms with Gasteiger partial charge in [-0.25, -0.2) is 0 Å². The SMILES string of the molecule is CC(N)(C(=O)O)C1(c2cccc(Br)c2)CC1. The van der Waals surface area contributed by atoms with Gasteiger partial charge >= 0.3 is 5.97 Å². The monoisotopic (exact) mass is 283 g/mol. The summed E-state index contributed by atoms with van der Waals surface area (Å²) in [5, 5.41) is 9.21. The van der Waals surface area contributed by atoms with Gasteiger partial charge in [0, 0.05) is 9.89 Å². The van der Waals surface area contributed by atoms with E-state index in [1.54, 1.807) is 6.92 Å². The van der Waals surface area contributed by atoms with Crippen molar-refractivity contribution in [3.05, 3.63) is 34.3 Å². The van der Waals surface area contributed by atoms with Crippen molar-refractivity contribution in [2.45, 2.75) is 30.7 Å². The van der Waals surface area contributed by atoms with Crippen LogP contribution in [0.25, 0.3) is 0 Å². The van der Waals surface area contributed by atoms with Crippen molar-refractivity contribution in [3.63, 3.8) is 0 Å². The van der Waals surface area contributed by atoms with Gasteiger partial charge < -0.3 is 10.8 Å². The van der Waals surface area contributed by atoms with Crippen LogP contribution in [0.3, 0.4) is 0 Å². The fraction of sp³-hybridized carbons (Fsp3) is 0.417. The molecule has 0 amide bonds. The highest BCUT2D eigenvalue weighted by atomic mass is 79.9. The molecule has 1 aromatic carbocycles. The van der Waals surface area contributed by atoms with E-state index < -0.39 is 16.9 Å². The summed E-state index contributed by atoms with van der Waals surface area (Å²) in [7, 11) is 0. The average molecular weight is 284 g/mol. The highest BCUT2D eigenvalue weighted by molar-refractivity contribution is 9.10. The highest BCUT2D eigenvalue weighted by Crippen LogP contribution is 2.55. The van der Waals surface area contributed by atoms with Gasteiger partial charge in [-0.05, 0) is 37.5 Å². The van der Waals surface area contributed by atoms with Crippen LogP contribution in [0.4, 0.5) is 0 Å². The average Bonchev–Trinajstić information content (AvgIpc) is 2.98. The minimum Gasteiger partial charge on any atom is -0.480 e. The van der Waals surface area contributed by atoms with E-state index in [0.29, 0.717) is 0 Å². The van der Waals surface area contributed by atoms with Crippen LogP contribution in [0.15, 0.2) is 28.7 Å². The summed E-state index contributed by atoms with van der Waals surface area (Å²) >= 11 is 3.40. The first kappa shape index (κ1) is 11.6. The van der Waals surface area contributed by atoms with Crippen LogP contribution >= 0.6 is 15.9 Å². The summed E-state index contributed by atoms with van der Waals surface area (Å²) in [6.07, 6.45) is 1.67. The maximum atomic E-state index is 11.2. The van der Waals surface area contributed by atoms with Crippen molar-refractivity contribution in [3.8, 4) is 0 Å². The molecule has 3 N–H and O–H groups in total. The second-order valence-electron chi connectivity index (χ2n) is 4.60. The molecule has 0 radical (unpaired) electrons. The molecule has 3 nitrogen and oxygen atoms in total. The zero-order valence-corrected chi connectivity index (χ0v) is 10.6. The topological polar surface area (TPSA) is 63.3 Å². The van der Waals surface area contributed by atoms with Crippen LogP contribution in [0.1, 0.15) is 25.3 Å². The predicted octanol–water partition coefficient (Wildman–Crippen LogP) is 2.28. The Balaban J connectivity index is 2.44. The van der Waals surface area contributed by atoms with Gasteiger partial charge in [-0.1, -0.05) is 28.1 Å². The Morgan fingerprint density at radius 2 is 2.19 bits per heavy atom. The van der Waals surface area contributed by atoms with Gasteiger partial charge in [-0.15, -0.1) is 0 Å². The fourth-order valence-electron chi connectivity index (χ4n) is 2.22. The van der Waals surface area contributed by atoms with Crippen molar-refractivity contribution in [2.24, 2.45) is 5.73 Å². The molecule has 1 aromatic rings. The molecule has 0 saturated heterocycles. The van der Waals surface area contributed by atoms with Crippen molar-refractivity contribution in [1.29, 1.82) is 0 Å². The molecule has 86 valence electrons. The van der Waals surface area contributed by atoms with Crippen LogP contribution in [0, 0.1) is 0 Å². The van der Waals surface area contributed by atoms with Gasteiger partial charge in [0.15, 0.2) is 0 Å². The largest absolute Gasteiger partial charge is 0.480 e. The molecule has 1 aliphatic carbocycles. The molecule has 2 rings (SSSR count). The third kappa shape index (κ3) is 1.57. The third-order valence-corrected chi connectivity index (χ3v) is 4.06. The molecule has 0 bridgehead atoms. The Morgan fingerprint density at radius 1 is 1.56 bits per heavy atom. The zero-order chi connectivity index (χ0) is 12.0. The van der Waals surface area contributed by atoms with Crippen LogP contribution < -0.4 is 5.73 Å². The van der Waals surface area contributed by atoms with E-state index in [1.165, 1.54) is 0 Å². The number of hydrogen-bond acceptors (Lipinski definition) is 2. The first-order valence-corrected chi connectivity index (χ1v) is 5.98. The second-order valence-corrected chi connectivity index (χ2v) is 5.52. The number of halogens is 1. The molecule has 1 fully saturated rings. The van der Waals surface area contributed by atoms with Crippen molar-refractivity contribution in [1.82, 2.24) is 0 Å². The number of hydrogen-bond donors (Lipinski definition) is 2. The Labute approximate surface area is 103 Å². The van der Waals surface area contributed by atoms with Crippen LogP contribution in [-0.2, 0) is 10.2 Å². The molecule has 1 aliphatic rings. The standard InChI is InChI=1S/C12H14BrNO2/c1-11(14,10(15)16)12(5-6-12)8-3-2-4-9(13)7-8/h2-4,7H,5-6,14H2,1H3,(H,15,16). The van der Waals surface area contributed by atoms with Crippen LogP contribution in [0.5, 0.6) is 0 Å². The smallest absolute Gasteiger partial charge is 0.324 e.